The van der Waals surface area contributed by atoms with Crippen LogP contribution in [0.4, 0.5) is 0 Å². The molecule has 0 aliphatic carbocycles. The van der Waals surface area contributed by atoms with Crippen molar-refractivity contribution in [1.29, 1.82) is 0 Å². The van der Waals surface area contributed by atoms with E-state index in [4.69, 9.17) is 0 Å². The molecule has 1 amide bonds. The number of amides is 1. The first kappa shape index (κ1) is 48.1. The number of carbonyl (C=O) groups excluding carboxylic acids is 1. The molecule has 0 aliphatic rings. The van der Waals surface area contributed by atoms with Crippen molar-refractivity contribution in [3.05, 3.63) is 60.8 Å². The monoisotopic (exact) mass is 698 g/mol. The summed E-state index contributed by atoms with van der Waals surface area (Å²) in [5.41, 5.74) is 0. The van der Waals surface area contributed by atoms with Gasteiger partial charge in [-0.1, -0.05) is 190 Å². The number of allylic oxidation sites excluding steroid dienone is 9. The molecule has 0 fully saturated rings. The molecule has 2 atom stereocenters. The van der Waals surface area contributed by atoms with E-state index in [0.717, 1.165) is 57.8 Å². The highest BCUT2D eigenvalue weighted by atomic mass is 16.3. The van der Waals surface area contributed by atoms with Gasteiger partial charge in [0.1, 0.15) is 0 Å². The molecule has 0 radical (unpaired) electrons. The number of aliphatic hydroxyl groups excluding tert-OH is 2. The summed E-state index contributed by atoms with van der Waals surface area (Å²) in [6.45, 7) is 4.24. The molecule has 290 valence electrons. The minimum absolute atomic E-state index is 0.0944. The molecule has 0 aromatic heterocycles. The number of hydrogen-bond donors (Lipinski definition) is 3. The Hall–Kier alpha value is -1.91. The first-order chi connectivity index (χ1) is 24.7. The van der Waals surface area contributed by atoms with Gasteiger partial charge in [0.05, 0.1) is 18.8 Å². The molecule has 0 aromatic carbocycles. The van der Waals surface area contributed by atoms with Gasteiger partial charge in [0.2, 0.25) is 5.91 Å². The van der Waals surface area contributed by atoms with Crippen LogP contribution in [0, 0.1) is 0 Å². The van der Waals surface area contributed by atoms with Gasteiger partial charge in [0, 0.05) is 6.42 Å². The maximum absolute atomic E-state index is 12.3. The van der Waals surface area contributed by atoms with E-state index in [9.17, 15) is 15.0 Å². The van der Waals surface area contributed by atoms with Gasteiger partial charge in [0.15, 0.2) is 0 Å². The average molecular weight is 698 g/mol. The lowest BCUT2D eigenvalue weighted by Crippen LogP contribution is -2.45. The van der Waals surface area contributed by atoms with Crippen LogP contribution in [0.3, 0.4) is 0 Å². The lowest BCUT2D eigenvalue weighted by molar-refractivity contribution is -0.123. The van der Waals surface area contributed by atoms with E-state index in [2.05, 4.69) is 67.8 Å². The molecule has 2 unspecified atom stereocenters. The topological polar surface area (TPSA) is 69.6 Å². The summed E-state index contributed by atoms with van der Waals surface area (Å²) in [7, 11) is 0. The van der Waals surface area contributed by atoms with Gasteiger partial charge in [-0.3, -0.25) is 4.79 Å². The number of hydrogen-bond acceptors (Lipinski definition) is 3. The van der Waals surface area contributed by atoms with Crippen molar-refractivity contribution >= 4 is 5.91 Å². The Labute approximate surface area is 311 Å². The summed E-state index contributed by atoms with van der Waals surface area (Å²) in [5.74, 6) is -0.0944. The van der Waals surface area contributed by atoms with Crippen LogP contribution in [-0.2, 0) is 4.79 Å². The van der Waals surface area contributed by atoms with Crippen LogP contribution in [0.25, 0.3) is 0 Å². The van der Waals surface area contributed by atoms with Gasteiger partial charge in [-0.25, -0.2) is 0 Å². The highest BCUT2D eigenvalue weighted by Crippen LogP contribution is 2.14. The maximum Gasteiger partial charge on any atom is 0.220 e. The fraction of sp³-hybridized carbons (Fsp3) is 0.761. The molecule has 0 bridgehead atoms. The zero-order valence-electron chi connectivity index (χ0n) is 33.2. The molecule has 0 aromatic rings. The lowest BCUT2D eigenvalue weighted by Gasteiger charge is -2.19. The number of rotatable bonds is 38. The molecule has 0 rings (SSSR count). The van der Waals surface area contributed by atoms with Crippen molar-refractivity contribution in [1.82, 2.24) is 5.32 Å². The molecule has 50 heavy (non-hydrogen) atoms. The Bertz CT molecular complexity index is 842. The predicted octanol–water partition coefficient (Wildman–Crippen LogP) is 13.3. The van der Waals surface area contributed by atoms with Crippen LogP contribution in [-0.4, -0.2) is 34.9 Å². The quantitative estimate of drug-likeness (QED) is 0.0444. The number of aliphatic hydroxyl groups is 2. The molecule has 4 heteroatoms. The average Bonchev–Trinajstić information content (AvgIpc) is 3.12. The second kappa shape index (κ2) is 41.5. The van der Waals surface area contributed by atoms with Gasteiger partial charge >= 0.3 is 0 Å². The lowest BCUT2D eigenvalue weighted by atomic mass is 10.0. The van der Waals surface area contributed by atoms with E-state index >= 15 is 0 Å². The van der Waals surface area contributed by atoms with E-state index in [1.807, 2.05) is 6.08 Å². The van der Waals surface area contributed by atoms with Gasteiger partial charge < -0.3 is 15.5 Å². The standard InChI is InChI=1S/C46H83NO3/c1-3-5-7-9-11-13-15-17-19-20-21-22-23-24-25-26-27-28-29-31-33-35-37-39-41-45(49)44(43-48)47-46(50)42-40-38-36-34-32-30-18-16-14-12-10-8-6-4-2/h10,12,16,18,26-27,31,33,39,41,44-45,48-49H,3-9,11,13-15,17,19-25,28-30,32,34-38,40,42-43H2,1-2H3,(H,47,50)/b12-10-,18-16-,27-26+,33-31+,41-39+. The van der Waals surface area contributed by atoms with E-state index in [0.29, 0.717) is 6.42 Å². The third kappa shape index (κ3) is 37.3. The highest BCUT2D eigenvalue weighted by Gasteiger charge is 2.17. The normalized spacial score (nSPS) is 13.6. The van der Waals surface area contributed by atoms with Crippen molar-refractivity contribution in [2.75, 3.05) is 6.61 Å². The number of carbonyl (C=O) groups is 1. The van der Waals surface area contributed by atoms with Gasteiger partial charge in [-0.2, -0.15) is 0 Å². The number of unbranched alkanes of at least 4 members (excludes halogenated alkanes) is 23. The molecule has 0 heterocycles. The van der Waals surface area contributed by atoms with Crippen LogP contribution in [0.2, 0.25) is 0 Å². The van der Waals surface area contributed by atoms with Crippen LogP contribution in [0.1, 0.15) is 206 Å². The second-order valence-electron chi connectivity index (χ2n) is 14.4. The third-order valence-corrected chi connectivity index (χ3v) is 9.45. The molecule has 0 spiro atoms. The maximum atomic E-state index is 12.3. The van der Waals surface area contributed by atoms with Crippen molar-refractivity contribution < 1.29 is 15.0 Å². The van der Waals surface area contributed by atoms with E-state index in [1.165, 1.54) is 128 Å². The molecule has 4 nitrogen and oxygen atoms in total. The zero-order chi connectivity index (χ0) is 36.4. The highest BCUT2D eigenvalue weighted by molar-refractivity contribution is 5.76. The van der Waals surface area contributed by atoms with E-state index < -0.39 is 12.1 Å². The van der Waals surface area contributed by atoms with Crippen LogP contribution < -0.4 is 5.32 Å². The summed E-state index contributed by atoms with van der Waals surface area (Å²) in [6.07, 6.45) is 57.6. The summed E-state index contributed by atoms with van der Waals surface area (Å²) in [5, 5.41) is 22.9. The smallest absolute Gasteiger partial charge is 0.220 e. The predicted molar refractivity (Wildman–Crippen MR) is 221 cm³/mol. The van der Waals surface area contributed by atoms with E-state index in [1.54, 1.807) is 6.08 Å². The Morgan fingerprint density at radius 2 is 0.860 bits per heavy atom. The first-order valence-corrected chi connectivity index (χ1v) is 21.5. The Kier molecular flexibility index (Phi) is 39.9. The molecular weight excluding hydrogens is 615 g/mol. The Morgan fingerprint density at radius 1 is 0.480 bits per heavy atom. The van der Waals surface area contributed by atoms with Crippen LogP contribution in [0.5, 0.6) is 0 Å². The van der Waals surface area contributed by atoms with Crippen LogP contribution in [0.15, 0.2) is 60.8 Å². The van der Waals surface area contributed by atoms with Crippen molar-refractivity contribution in [3.8, 4) is 0 Å². The van der Waals surface area contributed by atoms with Gasteiger partial charge in [0.25, 0.3) is 0 Å². The minimum atomic E-state index is -0.877. The van der Waals surface area contributed by atoms with Gasteiger partial charge in [-0.15, -0.1) is 0 Å². The SMILES string of the molecule is CCCC/C=C\C/C=C\CCCCCCCC(=O)NC(CO)C(O)/C=C/CC/C=C/CC/C=C/CCCCCCCCCCCCCCCC. The fourth-order valence-corrected chi connectivity index (χ4v) is 6.11. The summed E-state index contributed by atoms with van der Waals surface area (Å²) < 4.78 is 0. The minimum Gasteiger partial charge on any atom is -0.394 e. The first-order valence-electron chi connectivity index (χ1n) is 21.5. The number of nitrogens with one attached hydrogen (secondary N) is 1. The van der Waals surface area contributed by atoms with Crippen molar-refractivity contribution in [2.45, 2.75) is 219 Å². The summed E-state index contributed by atoms with van der Waals surface area (Å²) in [6, 6.07) is -0.654. The Morgan fingerprint density at radius 3 is 1.34 bits per heavy atom. The van der Waals surface area contributed by atoms with Crippen molar-refractivity contribution in [2.24, 2.45) is 0 Å². The van der Waals surface area contributed by atoms with E-state index in [-0.39, 0.29) is 12.5 Å². The summed E-state index contributed by atoms with van der Waals surface area (Å²) in [4.78, 5) is 12.3. The second-order valence-corrected chi connectivity index (χ2v) is 14.4. The third-order valence-electron chi connectivity index (χ3n) is 9.45. The fourth-order valence-electron chi connectivity index (χ4n) is 6.11. The Balaban J connectivity index is 3.67. The summed E-state index contributed by atoms with van der Waals surface area (Å²) >= 11 is 0. The largest absolute Gasteiger partial charge is 0.394 e. The van der Waals surface area contributed by atoms with Crippen molar-refractivity contribution in [3.63, 3.8) is 0 Å². The molecule has 0 saturated heterocycles. The molecular formula is C46H83NO3. The molecule has 3 N–H and O–H groups in total. The van der Waals surface area contributed by atoms with Gasteiger partial charge in [-0.05, 0) is 70.6 Å². The molecule has 0 saturated carbocycles. The molecule has 0 aliphatic heterocycles. The zero-order valence-corrected chi connectivity index (χ0v) is 33.2. The van der Waals surface area contributed by atoms with Crippen LogP contribution >= 0.6 is 0 Å².